The Kier molecular flexibility index (Phi) is 9.47. The molecular formula is C18H31FO4. The van der Waals surface area contributed by atoms with Crippen LogP contribution in [0.25, 0.3) is 0 Å². The predicted octanol–water partition coefficient (Wildman–Crippen LogP) is 3.88. The van der Waals surface area contributed by atoms with Crippen molar-refractivity contribution in [3.8, 4) is 0 Å². The van der Waals surface area contributed by atoms with Gasteiger partial charge in [0.1, 0.15) is 19.5 Å². The Morgan fingerprint density at radius 1 is 1.00 bits per heavy atom. The molecule has 0 fully saturated rings. The van der Waals surface area contributed by atoms with Crippen LogP contribution in [0.2, 0.25) is 0 Å². The highest BCUT2D eigenvalue weighted by Crippen LogP contribution is 2.28. The van der Waals surface area contributed by atoms with Gasteiger partial charge < -0.3 is 14.3 Å². The van der Waals surface area contributed by atoms with Gasteiger partial charge >= 0.3 is 6.04 Å². The van der Waals surface area contributed by atoms with Gasteiger partial charge in [0.25, 0.3) is 0 Å². The van der Waals surface area contributed by atoms with E-state index in [4.69, 9.17) is 9.47 Å². The van der Waals surface area contributed by atoms with Gasteiger partial charge in [-0.25, -0.2) is 0 Å². The van der Waals surface area contributed by atoms with Gasteiger partial charge in [-0.1, -0.05) is 39.8 Å². The van der Waals surface area contributed by atoms with Crippen LogP contribution in [0.15, 0.2) is 12.2 Å². The second-order valence-corrected chi connectivity index (χ2v) is 7.28. The Balaban J connectivity index is 5.23. The molecule has 0 radical (unpaired) electrons. The third kappa shape index (κ3) is 10.3. The van der Waals surface area contributed by atoms with Crippen LogP contribution in [0.5, 0.6) is 0 Å². The maximum atomic E-state index is 12.5. The molecule has 0 saturated heterocycles. The average Bonchev–Trinajstić information content (AvgIpc) is 2.40. The van der Waals surface area contributed by atoms with Crippen LogP contribution in [-0.2, 0) is 19.1 Å². The highest BCUT2D eigenvalue weighted by molar-refractivity contribution is 5.69. The van der Waals surface area contributed by atoms with Gasteiger partial charge in [-0.15, -0.1) is 0 Å². The maximum Gasteiger partial charge on any atom is 0.326 e. The normalized spacial score (nSPS) is 17.4. The van der Waals surface area contributed by atoms with Gasteiger partial charge in [-0.3, -0.25) is 4.79 Å². The molecule has 0 amide bonds. The molecule has 0 heterocycles. The summed E-state index contributed by atoms with van der Waals surface area (Å²) in [6.07, 6.45) is 5.78. The maximum absolute atomic E-state index is 12.5. The topological polar surface area (TPSA) is 52.6 Å². The molecule has 0 bridgehead atoms. The Hall–Kier alpha value is -1.07. The predicted molar refractivity (Wildman–Crippen MR) is 88.9 cm³/mol. The SMILES string of the molecule is CC(C)CC(C)(/C=C/C(C)(CC(C)C)OCC(=O)F)OCC=O. The van der Waals surface area contributed by atoms with Gasteiger partial charge in [0.15, 0.2) is 0 Å². The van der Waals surface area contributed by atoms with E-state index in [0.717, 1.165) is 12.7 Å². The molecule has 0 aliphatic carbocycles. The number of hydrogen-bond acceptors (Lipinski definition) is 4. The van der Waals surface area contributed by atoms with Crippen molar-refractivity contribution in [1.29, 1.82) is 0 Å². The molecule has 0 spiro atoms. The van der Waals surface area contributed by atoms with Gasteiger partial charge in [-0.2, -0.15) is 4.39 Å². The fourth-order valence-corrected chi connectivity index (χ4v) is 2.77. The van der Waals surface area contributed by atoms with E-state index < -0.39 is 23.8 Å². The van der Waals surface area contributed by atoms with Crippen molar-refractivity contribution in [3.05, 3.63) is 12.2 Å². The van der Waals surface area contributed by atoms with E-state index >= 15 is 0 Å². The van der Waals surface area contributed by atoms with Crippen LogP contribution in [0.4, 0.5) is 4.39 Å². The molecule has 0 aliphatic heterocycles. The second-order valence-electron chi connectivity index (χ2n) is 7.28. The zero-order chi connectivity index (χ0) is 18.1. The zero-order valence-corrected chi connectivity index (χ0v) is 15.2. The summed E-state index contributed by atoms with van der Waals surface area (Å²) < 4.78 is 23.7. The van der Waals surface area contributed by atoms with Gasteiger partial charge in [-0.05, 0) is 38.5 Å². The molecule has 23 heavy (non-hydrogen) atoms. The Morgan fingerprint density at radius 3 is 1.78 bits per heavy atom. The van der Waals surface area contributed by atoms with E-state index in [9.17, 15) is 14.0 Å². The van der Waals surface area contributed by atoms with Gasteiger partial charge in [0, 0.05) is 0 Å². The van der Waals surface area contributed by atoms with Crippen molar-refractivity contribution in [2.75, 3.05) is 13.2 Å². The summed E-state index contributed by atoms with van der Waals surface area (Å²) >= 11 is 0. The minimum atomic E-state index is -1.49. The zero-order valence-electron chi connectivity index (χ0n) is 15.2. The van der Waals surface area contributed by atoms with Gasteiger partial charge in [0.2, 0.25) is 0 Å². The first-order valence-corrected chi connectivity index (χ1v) is 8.12. The lowest BCUT2D eigenvalue weighted by atomic mass is 9.88. The molecule has 0 aromatic carbocycles. The number of rotatable bonds is 12. The molecule has 4 nitrogen and oxygen atoms in total. The first-order chi connectivity index (χ1) is 10.5. The van der Waals surface area contributed by atoms with Crippen LogP contribution in [0.3, 0.4) is 0 Å². The van der Waals surface area contributed by atoms with E-state index in [1.807, 2.05) is 39.8 Å². The first-order valence-electron chi connectivity index (χ1n) is 8.12. The van der Waals surface area contributed by atoms with E-state index in [2.05, 4.69) is 13.8 Å². The second kappa shape index (κ2) is 9.93. The first kappa shape index (κ1) is 21.9. The van der Waals surface area contributed by atoms with E-state index in [0.29, 0.717) is 18.3 Å². The summed E-state index contributed by atoms with van der Waals surface area (Å²) in [5, 5.41) is 0. The van der Waals surface area contributed by atoms with Crippen LogP contribution < -0.4 is 0 Å². The minimum Gasteiger partial charge on any atom is -0.364 e. The average molecular weight is 330 g/mol. The molecule has 0 aliphatic rings. The van der Waals surface area contributed by atoms with Crippen molar-refractivity contribution in [2.45, 2.75) is 65.6 Å². The number of aldehydes is 1. The minimum absolute atomic E-state index is 0.0122. The molecule has 0 rings (SSSR count). The van der Waals surface area contributed by atoms with Crippen LogP contribution in [-0.4, -0.2) is 36.7 Å². The number of halogens is 1. The highest BCUT2D eigenvalue weighted by atomic mass is 19.1. The summed E-state index contributed by atoms with van der Waals surface area (Å²) in [4.78, 5) is 21.2. The third-order valence-corrected chi connectivity index (χ3v) is 3.41. The summed E-state index contributed by atoms with van der Waals surface area (Å²) in [6.45, 7) is 11.4. The van der Waals surface area contributed by atoms with E-state index in [1.54, 1.807) is 0 Å². The van der Waals surface area contributed by atoms with Crippen molar-refractivity contribution in [1.82, 2.24) is 0 Å². The van der Waals surface area contributed by atoms with Crippen LogP contribution in [0.1, 0.15) is 54.4 Å². The largest absolute Gasteiger partial charge is 0.364 e. The van der Waals surface area contributed by atoms with Crippen molar-refractivity contribution in [2.24, 2.45) is 11.8 Å². The number of carbonyl (C=O) groups is 2. The lowest BCUT2D eigenvalue weighted by Crippen LogP contribution is -2.34. The summed E-state index contributed by atoms with van der Waals surface area (Å²) in [7, 11) is 0. The molecule has 134 valence electrons. The number of carbonyl (C=O) groups excluding carboxylic acids is 2. The van der Waals surface area contributed by atoms with Crippen molar-refractivity contribution >= 4 is 12.3 Å². The third-order valence-electron chi connectivity index (χ3n) is 3.41. The highest BCUT2D eigenvalue weighted by Gasteiger charge is 2.28. The summed E-state index contributed by atoms with van der Waals surface area (Å²) in [5.74, 6) is 0.688. The molecule has 0 aromatic rings. The Bertz CT molecular complexity index is 406. The van der Waals surface area contributed by atoms with E-state index in [1.165, 1.54) is 0 Å². The summed E-state index contributed by atoms with van der Waals surface area (Å²) in [5.41, 5.74) is -1.38. The fraction of sp³-hybridized carbons (Fsp3) is 0.778. The lowest BCUT2D eigenvalue weighted by molar-refractivity contribution is -0.139. The van der Waals surface area contributed by atoms with Crippen LogP contribution in [0, 0.1) is 11.8 Å². The molecule has 2 atom stereocenters. The molecule has 5 heteroatoms. The Morgan fingerprint density at radius 2 is 1.43 bits per heavy atom. The molecule has 0 N–H and O–H groups in total. The number of hydrogen-bond donors (Lipinski definition) is 0. The number of ether oxygens (including phenoxy) is 2. The van der Waals surface area contributed by atoms with E-state index in [-0.39, 0.29) is 6.61 Å². The standard InChI is InChI=1S/C18H31FO4/c1-14(2)11-17(5,22-10-9-20)7-8-18(6,12-15(3)4)23-13-16(19)21/h7-9,14-15H,10-13H2,1-6H3/b8-7+. The quantitative estimate of drug-likeness (QED) is 0.309. The monoisotopic (exact) mass is 330 g/mol. The molecule has 2 unspecified atom stereocenters. The molecular weight excluding hydrogens is 299 g/mol. The Labute approximate surface area is 139 Å². The van der Waals surface area contributed by atoms with Gasteiger partial charge in [0.05, 0.1) is 11.2 Å². The smallest absolute Gasteiger partial charge is 0.326 e. The lowest BCUT2D eigenvalue weighted by Gasteiger charge is -2.32. The fourth-order valence-electron chi connectivity index (χ4n) is 2.77. The van der Waals surface area contributed by atoms with Crippen LogP contribution >= 0.6 is 0 Å². The van der Waals surface area contributed by atoms with Crippen molar-refractivity contribution in [3.63, 3.8) is 0 Å². The van der Waals surface area contributed by atoms with Crippen molar-refractivity contribution < 1.29 is 23.5 Å². The molecule has 0 aromatic heterocycles. The summed E-state index contributed by atoms with van der Waals surface area (Å²) in [6, 6.07) is -1.49. The molecule has 0 saturated carbocycles.